The van der Waals surface area contributed by atoms with Crippen LogP contribution >= 0.6 is 0 Å². The lowest BCUT2D eigenvalue weighted by Crippen LogP contribution is -2.41. The maximum atomic E-state index is 12.6. The monoisotopic (exact) mass is 472 g/mol. The molecule has 2 aromatic carbocycles. The van der Waals surface area contributed by atoms with Crippen molar-refractivity contribution in [2.45, 2.75) is 31.6 Å². The maximum Gasteiger partial charge on any atom is 0.243 e. The molecule has 8 nitrogen and oxygen atoms in total. The van der Waals surface area contributed by atoms with E-state index in [4.69, 9.17) is 0 Å². The van der Waals surface area contributed by atoms with Crippen molar-refractivity contribution in [1.29, 1.82) is 0 Å². The number of carbonyl (C=O) groups excluding carboxylic acids is 2. The van der Waals surface area contributed by atoms with Gasteiger partial charge in [-0.25, -0.2) is 8.42 Å². The molecule has 0 aliphatic carbocycles. The Morgan fingerprint density at radius 1 is 0.909 bits per heavy atom. The Morgan fingerprint density at radius 3 is 2.06 bits per heavy atom. The lowest BCUT2D eigenvalue weighted by Gasteiger charge is -2.30. The second kappa shape index (κ2) is 11.4. The van der Waals surface area contributed by atoms with Crippen LogP contribution in [0.3, 0.4) is 0 Å². The lowest BCUT2D eigenvalue weighted by atomic mass is 9.96. The van der Waals surface area contributed by atoms with Crippen molar-refractivity contribution >= 4 is 33.2 Å². The Labute approximate surface area is 196 Å². The number of hydrogen-bond acceptors (Lipinski definition) is 5. The van der Waals surface area contributed by atoms with Crippen LogP contribution in [0.1, 0.15) is 26.7 Å². The largest absolute Gasteiger partial charge is 0.326 e. The van der Waals surface area contributed by atoms with Crippen LogP contribution in [0.2, 0.25) is 0 Å². The number of nitrogens with one attached hydrogen (secondary N) is 2. The van der Waals surface area contributed by atoms with Crippen LogP contribution in [0.4, 0.5) is 11.4 Å². The molecule has 1 saturated heterocycles. The Morgan fingerprint density at radius 2 is 1.48 bits per heavy atom. The van der Waals surface area contributed by atoms with Gasteiger partial charge in [-0.3, -0.25) is 14.5 Å². The summed E-state index contributed by atoms with van der Waals surface area (Å²) in [7, 11) is -3.52. The summed E-state index contributed by atoms with van der Waals surface area (Å²) < 4.78 is 26.5. The number of likely N-dealkylation sites (tertiary alicyclic amines) is 1. The highest BCUT2D eigenvalue weighted by Crippen LogP contribution is 2.21. The number of carbonyl (C=O) groups is 2. The molecule has 0 spiro atoms. The zero-order valence-electron chi connectivity index (χ0n) is 19.2. The molecule has 1 fully saturated rings. The van der Waals surface area contributed by atoms with Crippen molar-refractivity contribution in [3.8, 4) is 0 Å². The first-order chi connectivity index (χ1) is 15.8. The van der Waals surface area contributed by atoms with Crippen molar-refractivity contribution in [3.63, 3.8) is 0 Å². The molecule has 178 valence electrons. The van der Waals surface area contributed by atoms with Crippen LogP contribution in [0.15, 0.2) is 59.5 Å². The summed E-state index contributed by atoms with van der Waals surface area (Å²) in [4.78, 5) is 27.2. The highest BCUT2D eigenvalue weighted by Gasteiger charge is 2.26. The number of nitrogens with zero attached hydrogens (tertiary/aromatic N) is 2. The van der Waals surface area contributed by atoms with E-state index >= 15 is 0 Å². The topological polar surface area (TPSA) is 98.8 Å². The third-order valence-corrected chi connectivity index (χ3v) is 7.91. The quantitative estimate of drug-likeness (QED) is 0.585. The summed E-state index contributed by atoms with van der Waals surface area (Å²) in [5.41, 5.74) is 1.34. The predicted molar refractivity (Wildman–Crippen MR) is 129 cm³/mol. The number of sulfonamides is 1. The second-order valence-corrected chi connectivity index (χ2v) is 10.0. The van der Waals surface area contributed by atoms with E-state index in [1.54, 1.807) is 26.0 Å². The average Bonchev–Trinajstić information content (AvgIpc) is 2.81. The van der Waals surface area contributed by atoms with Crippen LogP contribution in [-0.4, -0.2) is 62.2 Å². The number of amides is 2. The molecule has 33 heavy (non-hydrogen) atoms. The number of piperidine rings is 1. The number of rotatable bonds is 9. The van der Waals surface area contributed by atoms with E-state index in [1.165, 1.54) is 16.4 Å². The maximum absolute atomic E-state index is 12.6. The van der Waals surface area contributed by atoms with Crippen molar-refractivity contribution in [3.05, 3.63) is 54.6 Å². The standard InChI is InChI=1S/C24H32N4O4S/c1-3-28(4-2)33(31,32)22-12-10-21(11-13-22)25-23(29)18-27-16-14-19(15-17-27)24(30)26-20-8-6-5-7-9-20/h5-13,19H,3-4,14-18H2,1-2H3,(H,25,29)(H,26,30). The SMILES string of the molecule is CCN(CC)S(=O)(=O)c1ccc(NC(=O)CN2CCC(C(=O)Nc3ccccc3)CC2)cc1. The summed E-state index contributed by atoms with van der Waals surface area (Å²) in [5, 5.41) is 5.77. The molecule has 2 aromatic rings. The molecular weight excluding hydrogens is 440 g/mol. The van der Waals surface area contributed by atoms with E-state index < -0.39 is 10.0 Å². The molecular formula is C24H32N4O4S. The molecule has 1 aliphatic heterocycles. The average molecular weight is 473 g/mol. The number of benzene rings is 2. The van der Waals surface area contributed by atoms with Crippen LogP contribution in [0.5, 0.6) is 0 Å². The zero-order valence-corrected chi connectivity index (χ0v) is 20.0. The summed E-state index contributed by atoms with van der Waals surface area (Å²) in [6.07, 6.45) is 1.40. The van der Waals surface area contributed by atoms with Gasteiger partial charge >= 0.3 is 0 Å². The fraction of sp³-hybridized carbons (Fsp3) is 0.417. The molecule has 0 atom stereocenters. The number of para-hydroxylation sites is 1. The Bertz CT molecular complexity index is 1030. The molecule has 0 unspecified atom stereocenters. The summed E-state index contributed by atoms with van der Waals surface area (Å²) in [6, 6.07) is 15.6. The molecule has 0 radical (unpaired) electrons. The van der Waals surface area contributed by atoms with E-state index in [0.717, 1.165) is 5.69 Å². The van der Waals surface area contributed by atoms with Gasteiger partial charge < -0.3 is 10.6 Å². The molecule has 3 rings (SSSR count). The van der Waals surface area contributed by atoms with E-state index in [0.29, 0.717) is 44.7 Å². The van der Waals surface area contributed by atoms with Crippen molar-refractivity contribution < 1.29 is 18.0 Å². The first-order valence-corrected chi connectivity index (χ1v) is 12.8. The van der Waals surface area contributed by atoms with Gasteiger partial charge in [0.2, 0.25) is 21.8 Å². The Kier molecular flexibility index (Phi) is 8.60. The molecule has 1 aliphatic rings. The lowest BCUT2D eigenvalue weighted by molar-refractivity contribution is -0.121. The minimum Gasteiger partial charge on any atom is -0.326 e. The molecule has 0 bridgehead atoms. The molecule has 1 heterocycles. The van der Waals surface area contributed by atoms with Gasteiger partial charge in [-0.2, -0.15) is 4.31 Å². The molecule has 0 aromatic heterocycles. The van der Waals surface area contributed by atoms with E-state index in [-0.39, 0.29) is 29.2 Å². The molecule has 9 heteroatoms. The number of anilines is 2. The number of hydrogen-bond donors (Lipinski definition) is 2. The highest BCUT2D eigenvalue weighted by molar-refractivity contribution is 7.89. The van der Waals surface area contributed by atoms with E-state index in [9.17, 15) is 18.0 Å². The zero-order chi connectivity index (χ0) is 23.8. The summed E-state index contributed by atoms with van der Waals surface area (Å²) in [5.74, 6) is -0.212. The van der Waals surface area contributed by atoms with Gasteiger partial charge in [-0.05, 0) is 62.3 Å². The van der Waals surface area contributed by atoms with Gasteiger partial charge in [0.05, 0.1) is 11.4 Å². The van der Waals surface area contributed by atoms with E-state index in [2.05, 4.69) is 10.6 Å². The first kappa shape index (κ1) is 24.9. The van der Waals surface area contributed by atoms with Crippen molar-refractivity contribution in [1.82, 2.24) is 9.21 Å². The Hall–Kier alpha value is -2.75. The summed E-state index contributed by atoms with van der Waals surface area (Å²) >= 11 is 0. The first-order valence-electron chi connectivity index (χ1n) is 11.3. The van der Waals surface area contributed by atoms with Crippen LogP contribution < -0.4 is 10.6 Å². The van der Waals surface area contributed by atoms with Gasteiger partial charge in [-0.1, -0.05) is 32.0 Å². The highest BCUT2D eigenvalue weighted by atomic mass is 32.2. The molecule has 0 saturated carbocycles. The fourth-order valence-electron chi connectivity index (χ4n) is 3.95. The van der Waals surface area contributed by atoms with Gasteiger partial charge in [0.1, 0.15) is 0 Å². The Balaban J connectivity index is 1.46. The minimum atomic E-state index is -3.52. The normalized spacial score (nSPS) is 15.4. The van der Waals surface area contributed by atoms with Gasteiger partial charge in [0, 0.05) is 30.4 Å². The van der Waals surface area contributed by atoms with Gasteiger partial charge in [0.25, 0.3) is 0 Å². The minimum absolute atomic E-state index is 0.0186. The van der Waals surface area contributed by atoms with Crippen LogP contribution in [0, 0.1) is 5.92 Å². The third kappa shape index (κ3) is 6.63. The van der Waals surface area contributed by atoms with E-state index in [1.807, 2.05) is 35.2 Å². The van der Waals surface area contributed by atoms with Gasteiger partial charge in [0.15, 0.2) is 0 Å². The van der Waals surface area contributed by atoms with Crippen LogP contribution in [-0.2, 0) is 19.6 Å². The van der Waals surface area contributed by atoms with Crippen molar-refractivity contribution in [2.75, 3.05) is 43.4 Å². The fourth-order valence-corrected chi connectivity index (χ4v) is 5.40. The third-order valence-electron chi connectivity index (χ3n) is 5.85. The predicted octanol–water partition coefficient (Wildman–Crippen LogP) is 3.01. The molecule has 2 amide bonds. The van der Waals surface area contributed by atoms with Crippen molar-refractivity contribution in [2.24, 2.45) is 5.92 Å². The molecule has 2 N–H and O–H groups in total. The summed E-state index contributed by atoms with van der Waals surface area (Å²) in [6.45, 7) is 5.97. The smallest absolute Gasteiger partial charge is 0.243 e. The van der Waals surface area contributed by atoms with Crippen LogP contribution in [0.25, 0.3) is 0 Å². The second-order valence-electron chi connectivity index (χ2n) is 8.07. The van der Waals surface area contributed by atoms with Gasteiger partial charge in [-0.15, -0.1) is 0 Å².